The fourth-order valence-corrected chi connectivity index (χ4v) is 1.68. The molecule has 102 valence electrons. The molecule has 2 rings (SSSR count). The first kappa shape index (κ1) is 13.8. The molecule has 4 heteroatoms. The van der Waals surface area contributed by atoms with Crippen LogP contribution in [0.2, 0.25) is 0 Å². The Hall–Kier alpha value is -2.62. The van der Waals surface area contributed by atoms with Crippen LogP contribution in [0, 0.1) is 13.8 Å². The van der Waals surface area contributed by atoms with Crippen LogP contribution in [0.25, 0.3) is 0 Å². The van der Waals surface area contributed by atoms with Crippen LogP contribution < -0.4 is 10.7 Å². The zero-order chi connectivity index (χ0) is 14.4. The van der Waals surface area contributed by atoms with Crippen molar-refractivity contribution in [3.8, 4) is 0 Å². The van der Waals surface area contributed by atoms with Crippen LogP contribution >= 0.6 is 0 Å². The quantitative estimate of drug-likeness (QED) is 0.649. The van der Waals surface area contributed by atoms with Crippen molar-refractivity contribution in [2.24, 2.45) is 5.10 Å². The summed E-state index contributed by atoms with van der Waals surface area (Å²) in [5.41, 5.74) is 6.34. The van der Waals surface area contributed by atoms with Gasteiger partial charge in [0, 0.05) is 5.69 Å². The van der Waals surface area contributed by atoms with E-state index in [0.29, 0.717) is 0 Å². The van der Waals surface area contributed by atoms with Gasteiger partial charge < -0.3 is 5.32 Å². The highest BCUT2D eigenvalue weighted by atomic mass is 16.2. The fraction of sp³-hybridized carbons (Fsp3) is 0.125. The van der Waals surface area contributed by atoms with Crippen molar-refractivity contribution < 1.29 is 4.79 Å². The molecule has 0 radical (unpaired) electrons. The van der Waals surface area contributed by atoms with Crippen LogP contribution in [0.4, 0.5) is 10.5 Å². The van der Waals surface area contributed by atoms with E-state index in [0.717, 1.165) is 16.8 Å². The number of hydrogen-bond donors (Lipinski definition) is 2. The van der Waals surface area contributed by atoms with Gasteiger partial charge in [-0.05, 0) is 31.0 Å². The van der Waals surface area contributed by atoms with Crippen molar-refractivity contribution in [1.82, 2.24) is 5.43 Å². The molecule has 4 nitrogen and oxygen atoms in total. The molecule has 0 heterocycles. The van der Waals surface area contributed by atoms with E-state index in [9.17, 15) is 4.79 Å². The number of benzene rings is 2. The van der Waals surface area contributed by atoms with Gasteiger partial charge in [-0.15, -0.1) is 0 Å². The molecule has 0 saturated heterocycles. The Balaban J connectivity index is 1.89. The number of carbonyl (C=O) groups excluding carboxylic acids is 1. The molecule has 2 amide bonds. The van der Waals surface area contributed by atoms with Gasteiger partial charge in [-0.25, -0.2) is 10.2 Å². The zero-order valence-electron chi connectivity index (χ0n) is 11.6. The van der Waals surface area contributed by atoms with Gasteiger partial charge in [-0.3, -0.25) is 0 Å². The molecule has 0 atom stereocenters. The summed E-state index contributed by atoms with van der Waals surface area (Å²) in [4.78, 5) is 11.7. The van der Waals surface area contributed by atoms with E-state index in [2.05, 4.69) is 15.8 Å². The average molecular weight is 267 g/mol. The number of para-hydroxylation sites is 1. The summed E-state index contributed by atoms with van der Waals surface area (Å²) in [6, 6.07) is 15.1. The lowest BCUT2D eigenvalue weighted by Crippen LogP contribution is -2.24. The van der Waals surface area contributed by atoms with Gasteiger partial charge in [-0.1, -0.05) is 48.0 Å². The molecule has 0 saturated carbocycles. The summed E-state index contributed by atoms with van der Waals surface area (Å²) in [5, 5.41) is 6.65. The number of carbonyl (C=O) groups is 1. The van der Waals surface area contributed by atoms with Crippen molar-refractivity contribution in [3.63, 3.8) is 0 Å². The Bertz CT molecular complexity index is 618. The van der Waals surface area contributed by atoms with Gasteiger partial charge in [0.15, 0.2) is 0 Å². The molecule has 0 aliphatic heterocycles. The first-order valence-corrected chi connectivity index (χ1v) is 6.37. The minimum absolute atomic E-state index is 0.359. The standard InChI is InChI=1S/C16H17N3O/c1-12-7-9-14(10-8-12)11-17-19-16(20)18-15-6-4-3-5-13(15)2/h3-11H,1-2H3,(H2,18,19,20). The molecule has 0 spiro atoms. The van der Waals surface area contributed by atoms with Gasteiger partial charge >= 0.3 is 6.03 Å². The molecule has 2 aromatic rings. The second kappa shape index (κ2) is 6.52. The van der Waals surface area contributed by atoms with E-state index < -0.39 is 0 Å². The number of amides is 2. The van der Waals surface area contributed by atoms with Crippen LogP contribution in [-0.4, -0.2) is 12.2 Å². The smallest absolute Gasteiger partial charge is 0.306 e. The third-order valence-corrected chi connectivity index (χ3v) is 2.85. The number of nitrogens with one attached hydrogen (secondary N) is 2. The molecular formula is C16H17N3O. The molecular weight excluding hydrogens is 250 g/mol. The second-order valence-electron chi connectivity index (χ2n) is 4.55. The lowest BCUT2D eigenvalue weighted by Gasteiger charge is -2.06. The summed E-state index contributed by atoms with van der Waals surface area (Å²) in [6.45, 7) is 3.96. The lowest BCUT2D eigenvalue weighted by molar-refractivity contribution is 0.252. The molecule has 0 aliphatic rings. The molecule has 0 unspecified atom stereocenters. The third kappa shape index (κ3) is 3.95. The maximum atomic E-state index is 11.7. The summed E-state index contributed by atoms with van der Waals surface area (Å²) in [7, 11) is 0. The molecule has 0 bridgehead atoms. The van der Waals surface area contributed by atoms with E-state index in [1.54, 1.807) is 6.21 Å². The predicted octanol–water partition coefficient (Wildman–Crippen LogP) is 3.46. The molecule has 0 fully saturated rings. The summed E-state index contributed by atoms with van der Waals surface area (Å²) in [6.07, 6.45) is 1.61. The van der Waals surface area contributed by atoms with Crippen LogP contribution in [0.3, 0.4) is 0 Å². The van der Waals surface area contributed by atoms with Crippen molar-refractivity contribution >= 4 is 17.9 Å². The highest BCUT2D eigenvalue weighted by Gasteiger charge is 2.01. The largest absolute Gasteiger partial charge is 0.339 e. The maximum absolute atomic E-state index is 11.7. The lowest BCUT2D eigenvalue weighted by atomic mass is 10.2. The predicted molar refractivity (Wildman–Crippen MR) is 82.1 cm³/mol. The number of hydrazone groups is 1. The van der Waals surface area contributed by atoms with Crippen LogP contribution in [-0.2, 0) is 0 Å². The molecule has 0 aliphatic carbocycles. The van der Waals surface area contributed by atoms with E-state index in [4.69, 9.17) is 0 Å². The Morgan fingerprint density at radius 1 is 1.05 bits per heavy atom. The molecule has 20 heavy (non-hydrogen) atoms. The number of rotatable bonds is 3. The van der Waals surface area contributed by atoms with Crippen molar-refractivity contribution in [1.29, 1.82) is 0 Å². The zero-order valence-corrected chi connectivity index (χ0v) is 11.6. The number of aryl methyl sites for hydroxylation is 2. The Morgan fingerprint density at radius 2 is 1.75 bits per heavy atom. The Morgan fingerprint density at radius 3 is 2.45 bits per heavy atom. The average Bonchev–Trinajstić information content (AvgIpc) is 2.44. The Labute approximate surface area is 118 Å². The summed E-state index contributed by atoms with van der Waals surface area (Å²) >= 11 is 0. The third-order valence-electron chi connectivity index (χ3n) is 2.85. The first-order chi connectivity index (χ1) is 9.65. The van der Waals surface area contributed by atoms with Crippen LogP contribution in [0.5, 0.6) is 0 Å². The van der Waals surface area contributed by atoms with Crippen LogP contribution in [0.1, 0.15) is 16.7 Å². The number of nitrogens with zero attached hydrogens (tertiary/aromatic N) is 1. The van der Waals surface area contributed by atoms with Crippen molar-refractivity contribution in [3.05, 3.63) is 65.2 Å². The number of anilines is 1. The summed E-state index contributed by atoms with van der Waals surface area (Å²) < 4.78 is 0. The Kier molecular flexibility index (Phi) is 4.50. The highest BCUT2D eigenvalue weighted by Crippen LogP contribution is 2.12. The van der Waals surface area contributed by atoms with E-state index >= 15 is 0 Å². The topological polar surface area (TPSA) is 53.5 Å². The van der Waals surface area contributed by atoms with Crippen molar-refractivity contribution in [2.45, 2.75) is 13.8 Å². The second-order valence-corrected chi connectivity index (χ2v) is 4.55. The maximum Gasteiger partial charge on any atom is 0.339 e. The van der Waals surface area contributed by atoms with Gasteiger partial charge in [0.2, 0.25) is 0 Å². The molecule has 0 aromatic heterocycles. The first-order valence-electron chi connectivity index (χ1n) is 6.37. The van der Waals surface area contributed by atoms with Crippen molar-refractivity contribution in [2.75, 3.05) is 5.32 Å². The number of hydrogen-bond acceptors (Lipinski definition) is 2. The fourth-order valence-electron chi connectivity index (χ4n) is 1.68. The number of urea groups is 1. The van der Waals surface area contributed by atoms with Gasteiger partial charge in [0.1, 0.15) is 0 Å². The molecule has 2 N–H and O–H groups in total. The monoisotopic (exact) mass is 267 g/mol. The minimum Gasteiger partial charge on any atom is -0.306 e. The normalized spacial score (nSPS) is 10.5. The SMILES string of the molecule is Cc1ccc(C=NNC(=O)Nc2ccccc2C)cc1. The molecule has 2 aromatic carbocycles. The van der Waals surface area contributed by atoms with E-state index in [1.165, 1.54) is 5.56 Å². The van der Waals surface area contributed by atoms with Crippen LogP contribution in [0.15, 0.2) is 53.6 Å². The van der Waals surface area contributed by atoms with Gasteiger partial charge in [0.25, 0.3) is 0 Å². The van der Waals surface area contributed by atoms with Gasteiger partial charge in [0.05, 0.1) is 6.21 Å². The van der Waals surface area contributed by atoms with E-state index in [1.807, 2.05) is 62.4 Å². The van der Waals surface area contributed by atoms with E-state index in [-0.39, 0.29) is 6.03 Å². The van der Waals surface area contributed by atoms with Gasteiger partial charge in [-0.2, -0.15) is 5.10 Å². The highest BCUT2D eigenvalue weighted by molar-refractivity contribution is 5.91. The minimum atomic E-state index is -0.359. The summed E-state index contributed by atoms with van der Waals surface area (Å²) in [5.74, 6) is 0.